The summed E-state index contributed by atoms with van der Waals surface area (Å²) < 4.78 is 39.1. The Hall–Kier alpha value is -4.26. The lowest BCUT2D eigenvalue weighted by atomic mass is 10.1. The van der Waals surface area contributed by atoms with E-state index in [1.54, 1.807) is 0 Å². The molecule has 0 radical (unpaired) electrons. The fourth-order valence-corrected chi connectivity index (χ4v) is 4.07. The first-order chi connectivity index (χ1) is 17.2. The number of hydrazone groups is 1. The number of amides is 4. The van der Waals surface area contributed by atoms with Crippen molar-refractivity contribution in [2.24, 2.45) is 10.9 Å². The summed E-state index contributed by atoms with van der Waals surface area (Å²) in [5.74, 6) is 2.34. The minimum atomic E-state index is -1.40. The maximum absolute atomic E-state index is 14.3. The summed E-state index contributed by atoms with van der Waals surface area (Å²) in [6.45, 7) is 3.16. The highest BCUT2D eigenvalue weighted by Crippen LogP contribution is 2.39. The molecule has 3 rings (SSSR count). The van der Waals surface area contributed by atoms with Gasteiger partial charge in [-0.15, -0.1) is 0 Å². The first-order valence-corrected chi connectivity index (χ1v) is 10.8. The van der Waals surface area contributed by atoms with E-state index in [-0.39, 0.29) is 32.8 Å². The van der Waals surface area contributed by atoms with Crippen molar-refractivity contribution in [1.82, 2.24) is 5.01 Å². The number of benzene rings is 2. The second kappa shape index (κ2) is 11.0. The predicted octanol–water partition coefficient (Wildman–Crippen LogP) is 3.97. The summed E-state index contributed by atoms with van der Waals surface area (Å²) in [6, 6.07) is 2.38. The van der Waals surface area contributed by atoms with Gasteiger partial charge in [-0.3, -0.25) is 4.90 Å². The maximum atomic E-state index is 14.3. The van der Waals surface area contributed by atoms with Crippen LogP contribution in [0.2, 0.25) is 0 Å². The van der Waals surface area contributed by atoms with Crippen molar-refractivity contribution in [2.45, 2.75) is 31.7 Å². The average molecular weight is 505 g/mol. The van der Waals surface area contributed by atoms with Gasteiger partial charge in [0, 0.05) is 18.8 Å². The van der Waals surface area contributed by atoms with E-state index in [0.29, 0.717) is 12.8 Å². The van der Waals surface area contributed by atoms with E-state index in [0.717, 1.165) is 35.9 Å². The Morgan fingerprint density at radius 3 is 2.14 bits per heavy atom. The van der Waals surface area contributed by atoms with Gasteiger partial charge in [0.15, 0.2) is 11.6 Å². The van der Waals surface area contributed by atoms with Crippen molar-refractivity contribution >= 4 is 36.1 Å². The van der Waals surface area contributed by atoms with Gasteiger partial charge in [0.05, 0.1) is 19.9 Å². The molecule has 36 heavy (non-hydrogen) atoms. The zero-order chi connectivity index (χ0) is 26.6. The van der Waals surface area contributed by atoms with Crippen LogP contribution in [0, 0.1) is 11.6 Å². The smallest absolute Gasteiger partial charge is 0.368 e. The van der Waals surface area contributed by atoms with E-state index >= 15 is 0 Å². The molecule has 1 aliphatic carbocycles. The number of aromatic carboxylic acids is 1. The molecule has 2 aromatic rings. The molecule has 0 atom stereocenters. The van der Waals surface area contributed by atoms with Gasteiger partial charge in [0.25, 0.3) is 0 Å². The Kier molecular flexibility index (Phi) is 8.04. The largest absolute Gasteiger partial charge is 0.496 e. The van der Waals surface area contributed by atoms with Gasteiger partial charge in [0.2, 0.25) is 0 Å². The number of hydrogen-bond acceptors (Lipinski definition) is 7. The van der Waals surface area contributed by atoms with Crippen molar-refractivity contribution in [3.05, 3.63) is 47.5 Å². The van der Waals surface area contributed by atoms with E-state index in [1.165, 1.54) is 26.4 Å². The van der Waals surface area contributed by atoms with Gasteiger partial charge in [-0.2, -0.15) is 15.1 Å². The second-order valence-electron chi connectivity index (χ2n) is 7.80. The number of hydrogen-bond donors (Lipinski definition) is 2. The van der Waals surface area contributed by atoms with Gasteiger partial charge in [-0.05, 0) is 31.0 Å². The van der Waals surface area contributed by atoms with Crippen LogP contribution < -0.4 is 25.2 Å². The predicted molar refractivity (Wildman–Crippen MR) is 126 cm³/mol. The highest BCUT2D eigenvalue weighted by atomic mass is 19.1. The minimum absolute atomic E-state index is 0.0142. The lowest BCUT2D eigenvalue weighted by Gasteiger charge is -2.34. The number of para-hydroxylation sites is 1. The first kappa shape index (κ1) is 26.3. The summed E-state index contributed by atoms with van der Waals surface area (Å²) >= 11 is 0. The number of rotatable bonds is 7. The molecule has 13 heteroatoms. The highest BCUT2D eigenvalue weighted by molar-refractivity contribution is 6.08. The van der Waals surface area contributed by atoms with Gasteiger partial charge in [-0.1, -0.05) is 18.9 Å². The van der Waals surface area contributed by atoms with Crippen molar-refractivity contribution < 1.29 is 37.7 Å². The number of anilines is 2. The van der Waals surface area contributed by atoms with Crippen LogP contribution in [-0.2, 0) is 0 Å². The van der Waals surface area contributed by atoms with Gasteiger partial charge in [0.1, 0.15) is 22.7 Å². The lowest BCUT2D eigenvalue weighted by molar-refractivity contribution is 0.0693. The molecule has 0 unspecified atom stereocenters. The monoisotopic (exact) mass is 505 g/mol. The third kappa shape index (κ3) is 4.91. The van der Waals surface area contributed by atoms with Gasteiger partial charge in [-0.25, -0.2) is 29.0 Å². The van der Waals surface area contributed by atoms with Crippen LogP contribution in [-0.4, -0.2) is 55.1 Å². The third-order valence-electron chi connectivity index (χ3n) is 5.77. The molecule has 4 amide bonds. The fourth-order valence-electron chi connectivity index (χ4n) is 4.07. The van der Waals surface area contributed by atoms with Crippen LogP contribution in [0.4, 0.5) is 29.7 Å². The van der Waals surface area contributed by atoms with Crippen LogP contribution in [0.25, 0.3) is 0 Å². The molecule has 0 saturated heterocycles. The molecule has 1 fully saturated rings. The van der Waals surface area contributed by atoms with Crippen molar-refractivity contribution in [1.29, 1.82) is 0 Å². The summed E-state index contributed by atoms with van der Waals surface area (Å²) in [5.41, 5.74) is -1.11. The molecule has 0 aliphatic heterocycles. The van der Waals surface area contributed by atoms with Crippen LogP contribution >= 0.6 is 0 Å². The Balaban J connectivity index is 2.08. The van der Waals surface area contributed by atoms with E-state index in [2.05, 4.69) is 11.8 Å². The SMILES string of the molecule is C=NN(C(=O)N(N)C(=O)N(c1cc(C(=O)O)c(OC)cc1OC)C1CCCC1)c1c(F)cccc1F. The number of carbonyl (C=O) groups excluding carboxylic acids is 2. The molecule has 1 aliphatic rings. The van der Waals surface area contributed by atoms with E-state index in [4.69, 9.17) is 15.3 Å². The van der Waals surface area contributed by atoms with E-state index in [1.807, 2.05) is 0 Å². The number of urea groups is 2. The van der Waals surface area contributed by atoms with Crippen LogP contribution in [0.3, 0.4) is 0 Å². The molecule has 192 valence electrons. The average Bonchev–Trinajstić information content (AvgIpc) is 3.39. The summed E-state index contributed by atoms with van der Waals surface area (Å²) in [6.07, 6.45) is 2.57. The standard InChI is InChI=1S/C23H25F2N5O6/c1-27-30(20-15(24)9-6-10-16(20)25)23(34)29(26)22(33)28(13-7-4-5-8-13)17-11-14(21(31)32)18(35-2)12-19(17)36-3/h6,9-13H,1,4-5,7-8,26H2,2-3H3,(H,31,32). The zero-order valence-corrected chi connectivity index (χ0v) is 19.6. The molecule has 0 spiro atoms. The molecular weight excluding hydrogens is 480 g/mol. The highest BCUT2D eigenvalue weighted by Gasteiger charge is 2.38. The number of nitrogens with zero attached hydrogens (tertiary/aromatic N) is 4. The number of ether oxygens (including phenoxy) is 2. The fraction of sp³-hybridized carbons (Fsp3) is 0.304. The Morgan fingerprint density at radius 1 is 1.06 bits per heavy atom. The number of carboxylic acid groups (broad SMARTS) is 1. The molecular formula is C23H25F2N5O6. The molecule has 2 aromatic carbocycles. The van der Waals surface area contributed by atoms with E-state index < -0.39 is 41.4 Å². The number of halogens is 2. The number of hydrazine groups is 1. The Labute approximate surface area is 205 Å². The quantitative estimate of drug-likeness (QED) is 0.251. The van der Waals surface area contributed by atoms with Crippen molar-refractivity contribution in [3.8, 4) is 11.5 Å². The topological polar surface area (TPSA) is 138 Å². The third-order valence-corrected chi connectivity index (χ3v) is 5.77. The van der Waals surface area contributed by atoms with E-state index in [9.17, 15) is 28.3 Å². The number of nitrogens with two attached hydrogens (primary N) is 1. The van der Waals surface area contributed by atoms with Crippen molar-refractivity contribution in [2.75, 3.05) is 24.1 Å². The summed E-state index contributed by atoms with van der Waals surface area (Å²) in [4.78, 5) is 39.6. The summed E-state index contributed by atoms with van der Waals surface area (Å²) in [5, 5.41) is 13.3. The number of methoxy groups -OCH3 is 2. The molecule has 0 aromatic heterocycles. The van der Waals surface area contributed by atoms with Crippen LogP contribution in [0.5, 0.6) is 11.5 Å². The number of imide groups is 1. The minimum Gasteiger partial charge on any atom is -0.496 e. The normalized spacial score (nSPS) is 13.1. The number of carbonyl (C=O) groups is 3. The molecule has 11 nitrogen and oxygen atoms in total. The summed E-state index contributed by atoms with van der Waals surface area (Å²) in [7, 11) is 2.59. The van der Waals surface area contributed by atoms with Crippen LogP contribution in [0.15, 0.2) is 35.4 Å². The zero-order valence-electron chi connectivity index (χ0n) is 19.6. The van der Waals surface area contributed by atoms with Gasteiger partial charge >= 0.3 is 18.0 Å². The first-order valence-electron chi connectivity index (χ1n) is 10.8. The maximum Gasteiger partial charge on any atom is 0.368 e. The second-order valence-corrected chi connectivity index (χ2v) is 7.80. The molecule has 1 saturated carbocycles. The molecule has 3 N–H and O–H groups in total. The lowest BCUT2D eigenvalue weighted by Crippen LogP contribution is -2.56. The van der Waals surface area contributed by atoms with Gasteiger partial charge < -0.3 is 14.6 Å². The molecule has 0 bridgehead atoms. The Morgan fingerprint density at radius 2 is 1.64 bits per heavy atom. The molecule has 0 heterocycles. The Bertz CT molecular complexity index is 1170. The number of carboxylic acids is 1. The van der Waals surface area contributed by atoms with Crippen molar-refractivity contribution in [3.63, 3.8) is 0 Å². The van der Waals surface area contributed by atoms with Crippen LogP contribution in [0.1, 0.15) is 36.0 Å².